The second-order valence-corrected chi connectivity index (χ2v) is 9.29. The van der Waals surface area contributed by atoms with Crippen LogP contribution < -0.4 is 5.32 Å². The molecule has 1 amide bonds. The lowest BCUT2D eigenvalue weighted by atomic mass is 9.80. The number of hydrogen-bond acceptors (Lipinski definition) is 4. The summed E-state index contributed by atoms with van der Waals surface area (Å²) < 4.78 is 0. The van der Waals surface area contributed by atoms with Gasteiger partial charge in [-0.2, -0.15) is 0 Å². The van der Waals surface area contributed by atoms with Gasteiger partial charge >= 0.3 is 5.97 Å². The van der Waals surface area contributed by atoms with Crippen LogP contribution in [-0.4, -0.2) is 38.3 Å². The van der Waals surface area contributed by atoms with Gasteiger partial charge in [-0.15, -0.1) is 11.8 Å². The molecule has 148 valence electrons. The van der Waals surface area contributed by atoms with Crippen molar-refractivity contribution < 1.29 is 19.8 Å². The number of rotatable bonds is 8. The summed E-state index contributed by atoms with van der Waals surface area (Å²) in [6.07, 6.45) is 8.80. The lowest BCUT2D eigenvalue weighted by Gasteiger charge is -2.36. The van der Waals surface area contributed by atoms with Crippen LogP contribution in [0.2, 0.25) is 0 Å². The molecular formula is C21H29NO4S. The summed E-state index contributed by atoms with van der Waals surface area (Å²) in [6.45, 7) is 0. The highest BCUT2D eigenvalue weighted by atomic mass is 32.2. The Hall–Kier alpha value is -1.53. The minimum atomic E-state index is -0.900. The smallest absolute Gasteiger partial charge is 0.335 e. The Bertz CT molecular complexity index is 687. The van der Waals surface area contributed by atoms with E-state index in [4.69, 9.17) is 0 Å². The number of carbonyl (C=O) groups is 2. The van der Waals surface area contributed by atoms with Crippen molar-refractivity contribution >= 4 is 23.6 Å². The molecule has 1 aromatic rings. The lowest BCUT2D eigenvalue weighted by Crippen LogP contribution is -2.42. The van der Waals surface area contributed by atoms with Crippen LogP contribution in [0.4, 0.5) is 0 Å². The largest absolute Gasteiger partial charge is 0.478 e. The number of carbonyl (C=O) groups excluding carboxylic acids is 1. The van der Waals surface area contributed by atoms with Crippen LogP contribution in [0.3, 0.4) is 0 Å². The third-order valence-corrected chi connectivity index (χ3v) is 7.37. The number of nitrogens with one attached hydrogen (secondary N) is 1. The molecule has 1 heterocycles. The van der Waals surface area contributed by atoms with E-state index in [1.165, 1.54) is 6.42 Å². The molecule has 0 aromatic heterocycles. The van der Waals surface area contributed by atoms with E-state index in [2.05, 4.69) is 5.32 Å². The van der Waals surface area contributed by atoms with Gasteiger partial charge in [0.25, 0.3) is 0 Å². The lowest BCUT2D eigenvalue weighted by molar-refractivity contribution is -0.119. The monoisotopic (exact) mass is 391 g/mol. The summed E-state index contributed by atoms with van der Waals surface area (Å²) in [4.78, 5) is 22.9. The van der Waals surface area contributed by atoms with Gasteiger partial charge in [-0.1, -0.05) is 37.5 Å². The molecular weight excluding hydrogens is 362 g/mol. The number of carboxylic acid groups (broad SMARTS) is 1. The maximum Gasteiger partial charge on any atom is 0.335 e. The molecule has 3 rings (SSSR count). The Morgan fingerprint density at radius 2 is 1.85 bits per heavy atom. The van der Waals surface area contributed by atoms with Gasteiger partial charge in [0, 0.05) is 0 Å². The van der Waals surface area contributed by atoms with Crippen molar-refractivity contribution in [2.75, 3.05) is 5.75 Å². The van der Waals surface area contributed by atoms with E-state index < -0.39 is 11.6 Å². The highest BCUT2D eigenvalue weighted by Crippen LogP contribution is 2.41. The van der Waals surface area contributed by atoms with Crippen molar-refractivity contribution in [3.8, 4) is 0 Å². The van der Waals surface area contributed by atoms with Crippen LogP contribution in [-0.2, 0) is 11.2 Å². The maximum absolute atomic E-state index is 11.9. The van der Waals surface area contributed by atoms with Gasteiger partial charge in [0.2, 0.25) is 5.91 Å². The fourth-order valence-corrected chi connectivity index (χ4v) is 5.53. The second-order valence-electron chi connectivity index (χ2n) is 7.93. The molecule has 1 unspecified atom stereocenters. The first kappa shape index (κ1) is 20.2. The predicted octanol–water partition coefficient (Wildman–Crippen LogP) is 3.74. The topological polar surface area (TPSA) is 86.6 Å². The molecule has 1 aromatic carbocycles. The van der Waals surface area contributed by atoms with Gasteiger partial charge in [0.15, 0.2) is 0 Å². The number of benzene rings is 1. The third-order valence-electron chi connectivity index (χ3n) is 5.90. The number of aryl methyl sites for hydroxylation is 1. The molecule has 1 aliphatic heterocycles. The first-order valence-electron chi connectivity index (χ1n) is 9.90. The number of aliphatic hydroxyl groups is 1. The van der Waals surface area contributed by atoms with Crippen LogP contribution in [0.25, 0.3) is 0 Å². The molecule has 0 radical (unpaired) electrons. The molecule has 2 fully saturated rings. The first-order chi connectivity index (χ1) is 12.9. The molecule has 1 atom stereocenters. The van der Waals surface area contributed by atoms with Crippen LogP contribution in [0, 0.1) is 0 Å². The Kier molecular flexibility index (Phi) is 6.48. The van der Waals surface area contributed by atoms with Crippen LogP contribution >= 0.6 is 11.8 Å². The fourth-order valence-electron chi connectivity index (χ4n) is 4.33. The molecule has 3 N–H and O–H groups in total. The molecule has 27 heavy (non-hydrogen) atoms. The Balaban J connectivity index is 1.60. The van der Waals surface area contributed by atoms with E-state index in [9.17, 15) is 19.8 Å². The molecule has 1 saturated heterocycles. The molecule has 1 saturated carbocycles. The van der Waals surface area contributed by atoms with E-state index in [1.54, 1.807) is 23.9 Å². The van der Waals surface area contributed by atoms with Gasteiger partial charge in [0.05, 0.1) is 21.8 Å². The highest BCUT2D eigenvalue weighted by molar-refractivity contribution is 8.01. The SMILES string of the molecule is O=C1CSC(CCCc2ccccc2C(=O)O)(CCC2(O)CCCCC2)N1. The van der Waals surface area contributed by atoms with Crippen molar-refractivity contribution in [2.45, 2.75) is 74.7 Å². The van der Waals surface area contributed by atoms with E-state index in [0.29, 0.717) is 24.2 Å². The summed E-state index contributed by atoms with van der Waals surface area (Å²) in [5.41, 5.74) is 0.598. The standard InChI is InChI=1S/C21H29NO4S/c23-18-15-27-21(22-18,14-13-20(26)10-4-1-5-11-20)12-6-8-16-7-2-3-9-17(16)19(24)25/h2-3,7,9,26H,1,4-6,8,10-15H2,(H,22,23)(H,24,25). The Labute approximate surface area is 164 Å². The van der Waals surface area contributed by atoms with E-state index in [0.717, 1.165) is 50.5 Å². The van der Waals surface area contributed by atoms with Crippen molar-refractivity contribution in [2.24, 2.45) is 0 Å². The summed E-state index contributed by atoms with van der Waals surface area (Å²) in [5, 5.41) is 23.3. The summed E-state index contributed by atoms with van der Waals surface area (Å²) in [5.74, 6) is -0.380. The fraction of sp³-hybridized carbons (Fsp3) is 0.619. The van der Waals surface area contributed by atoms with Crippen LogP contribution in [0.1, 0.15) is 73.7 Å². The van der Waals surface area contributed by atoms with E-state index in [1.807, 2.05) is 12.1 Å². The number of hydrogen-bond donors (Lipinski definition) is 3. The average Bonchev–Trinajstić information content (AvgIpc) is 3.02. The molecule has 0 spiro atoms. The van der Waals surface area contributed by atoms with Gasteiger partial charge < -0.3 is 15.5 Å². The van der Waals surface area contributed by atoms with Gasteiger partial charge in [-0.3, -0.25) is 4.79 Å². The number of thioether (sulfide) groups is 1. The Morgan fingerprint density at radius 1 is 1.11 bits per heavy atom. The first-order valence-corrected chi connectivity index (χ1v) is 10.9. The minimum Gasteiger partial charge on any atom is -0.478 e. The average molecular weight is 392 g/mol. The van der Waals surface area contributed by atoms with Crippen LogP contribution in [0.15, 0.2) is 24.3 Å². The Morgan fingerprint density at radius 3 is 2.52 bits per heavy atom. The van der Waals surface area contributed by atoms with Crippen molar-refractivity contribution in [3.05, 3.63) is 35.4 Å². The van der Waals surface area contributed by atoms with E-state index in [-0.39, 0.29) is 10.8 Å². The molecule has 6 heteroatoms. The molecule has 2 aliphatic rings. The molecule has 5 nitrogen and oxygen atoms in total. The zero-order chi connectivity index (χ0) is 19.3. The molecule has 0 bridgehead atoms. The van der Waals surface area contributed by atoms with Gasteiger partial charge in [-0.05, 0) is 56.6 Å². The quantitative estimate of drug-likeness (QED) is 0.628. The normalized spacial score (nSPS) is 24.6. The number of amides is 1. The van der Waals surface area contributed by atoms with Crippen LogP contribution in [0.5, 0.6) is 0 Å². The predicted molar refractivity (Wildman–Crippen MR) is 107 cm³/mol. The summed E-state index contributed by atoms with van der Waals surface area (Å²) >= 11 is 1.64. The maximum atomic E-state index is 11.9. The zero-order valence-electron chi connectivity index (χ0n) is 15.7. The van der Waals surface area contributed by atoms with Gasteiger partial charge in [0.1, 0.15) is 0 Å². The highest BCUT2D eigenvalue weighted by Gasteiger charge is 2.40. The summed E-state index contributed by atoms with van der Waals surface area (Å²) in [7, 11) is 0. The van der Waals surface area contributed by atoms with E-state index >= 15 is 0 Å². The zero-order valence-corrected chi connectivity index (χ0v) is 16.5. The minimum absolute atomic E-state index is 0.0570. The third kappa shape index (κ3) is 5.26. The van der Waals surface area contributed by atoms with Crippen molar-refractivity contribution in [3.63, 3.8) is 0 Å². The van der Waals surface area contributed by atoms with Gasteiger partial charge in [-0.25, -0.2) is 4.79 Å². The van der Waals surface area contributed by atoms with Crippen molar-refractivity contribution in [1.82, 2.24) is 5.32 Å². The van der Waals surface area contributed by atoms with Crippen molar-refractivity contribution in [1.29, 1.82) is 0 Å². The summed E-state index contributed by atoms with van der Waals surface area (Å²) in [6, 6.07) is 7.11. The molecule has 1 aliphatic carbocycles. The second kappa shape index (κ2) is 8.65. The number of carboxylic acids is 1. The number of aromatic carboxylic acids is 1.